The zero-order chi connectivity index (χ0) is 8.97. The van der Waals surface area contributed by atoms with Gasteiger partial charge in [-0.3, -0.25) is 0 Å². The highest BCUT2D eigenvalue weighted by Crippen LogP contribution is 2.26. The fourth-order valence-corrected chi connectivity index (χ4v) is 3.26. The highest BCUT2D eigenvalue weighted by Gasteiger charge is 2.22. The largest absolute Gasteiger partial charge is 0.303 e. The molecule has 1 fully saturated rings. The van der Waals surface area contributed by atoms with E-state index in [2.05, 4.69) is 37.8 Å². The van der Waals surface area contributed by atoms with E-state index in [0.717, 1.165) is 12.0 Å². The molecule has 1 nitrogen and oxygen atoms in total. The van der Waals surface area contributed by atoms with Gasteiger partial charge in [0, 0.05) is 6.04 Å². The van der Waals surface area contributed by atoms with Crippen molar-refractivity contribution in [2.45, 2.75) is 51.4 Å². The first-order valence-electron chi connectivity index (χ1n) is 5.11. The molecule has 1 N–H and O–H groups in total. The van der Waals surface area contributed by atoms with Crippen molar-refractivity contribution >= 4 is 11.8 Å². The average molecular weight is 187 g/mol. The topological polar surface area (TPSA) is 12.0 Å². The highest BCUT2D eigenvalue weighted by molar-refractivity contribution is 7.99. The number of hydrogen-bond donors (Lipinski definition) is 1. The molecule has 0 bridgehead atoms. The third-order valence-corrected chi connectivity index (χ3v) is 3.99. The fourth-order valence-electron chi connectivity index (χ4n) is 1.72. The summed E-state index contributed by atoms with van der Waals surface area (Å²) >= 11 is 2.10. The molecule has 2 heteroatoms. The second kappa shape index (κ2) is 5.13. The predicted molar refractivity (Wildman–Crippen MR) is 57.5 cm³/mol. The van der Waals surface area contributed by atoms with Gasteiger partial charge in [0.05, 0.1) is 5.37 Å². The molecular weight excluding hydrogens is 166 g/mol. The molecule has 1 aliphatic rings. The van der Waals surface area contributed by atoms with Crippen molar-refractivity contribution in [3.63, 3.8) is 0 Å². The first-order valence-corrected chi connectivity index (χ1v) is 6.16. The summed E-state index contributed by atoms with van der Waals surface area (Å²) in [5.74, 6) is 2.18. The van der Waals surface area contributed by atoms with Crippen LogP contribution in [0.3, 0.4) is 0 Å². The van der Waals surface area contributed by atoms with Crippen LogP contribution in [0.15, 0.2) is 0 Å². The smallest absolute Gasteiger partial charge is 0.0560 e. The summed E-state index contributed by atoms with van der Waals surface area (Å²) in [4.78, 5) is 0. The van der Waals surface area contributed by atoms with E-state index < -0.39 is 0 Å². The molecule has 0 spiro atoms. The minimum absolute atomic E-state index is 0.716. The minimum Gasteiger partial charge on any atom is -0.303 e. The number of rotatable bonds is 3. The number of hydrogen-bond acceptors (Lipinski definition) is 2. The molecule has 0 aromatic heterocycles. The van der Waals surface area contributed by atoms with Crippen molar-refractivity contribution < 1.29 is 0 Å². The van der Waals surface area contributed by atoms with E-state index >= 15 is 0 Å². The maximum absolute atomic E-state index is 3.66. The van der Waals surface area contributed by atoms with Crippen LogP contribution in [0.2, 0.25) is 0 Å². The van der Waals surface area contributed by atoms with Gasteiger partial charge in [-0.25, -0.2) is 0 Å². The molecule has 0 aliphatic carbocycles. The second-order valence-electron chi connectivity index (χ2n) is 3.91. The van der Waals surface area contributed by atoms with Crippen LogP contribution in [-0.4, -0.2) is 17.2 Å². The van der Waals surface area contributed by atoms with Gasteiger partial charge < -0.3 is 5.32 Å². The van der Waals surface area contributed by atoms with E-state index in [9.17, 15) is 0 Å². The summed E-state index contributed by atoms with van der Waals surface area (Å²) < 4.78 is 0. The minimum atomic E-state index is 0.716. The molecule has 1 aliphatic heterocycles. The van der Waals surface area contributed by atoms with Gasteiger partial charge in [-0.2, -0.15) is 0 Å². The van der Waals surface area contributed by atoms with E-state index in [-0.39, 0.29) is 0 Å². The molecule has 1 rings (SSSR count). The maximum atomic E-state index is 3.66. The molecule has 1 heterocycles. The van der Waals surface area contributed by atoms with Crippen LogP contribution in [0.5, 0.6) is 0 Å². The van der Waals surface area contributed by atoms with Crippen LogP contribution < -0.4 is 5.32 Å². The molecule has 0 aromatic carbocycles. The normalized spacial score (nSPS) is 33.2. The van der Waals surface area contributed by atoms with Crippen LogP contribution in [0.25, 0.3) is 0 Å². The number of nitrogens with one attached hydrogen (secondary N) is 1. The van der Waals surface area contributed by atoms with Crippen molar-refractivity contribution in [1.29, 1.82) is 0 Å². The molecular formula is C10H21NS. The molecule has 0 amide bonds. The summed E-state index contributed by atoms with van der Waals surface area (Å²) in [6.45, 7) is 6.94. The van der Waals surface area contributed by atoms with Crippen molar-refractivity contribution in [2.24, 2.45) is 5.92 Å². The zero-order valence-corrected chi connectivity index (χ0v) is 9.29. The Hall–Kier alpha value is 0.310. The lowest BCUT2D eigenvalue weighted by Crippen LogP contribution is -2.42. The molecule has 1 saturated heterocycles. The lowest BCUT2D eigenvalue weighted by Gasteiger charge is -2.32. The third-order valence-electron chi connectivity index (χ3n) is 2.56. The van der Waals surface area contributed by atoms with Gasteiger partial charge in [-0.15, -0.1) is 11.8 Å². The lowest BCUT2D eigenvalue weighted by molar-refractivity contribution is 0.394. The third kappa shape index (κ3) is 2.98. The molecule has 3 unspecified atom stereocenters. The Morgan fingerprint density at radius 3 is 2.92 bits per heavy atom. The van der Waals surface area contributed by atoms with Crippen LogP contribution >= 0.6 is 11.8 Å². The van der Waals surface area contributed by atoms with Gasteiger partial charge in [0.1, 0.15) is 0 Å². The Morgan fingerprint density at radius 2 is 2.33 bits per heavy atom. The summed E-state index contributed by atoms with van der Waals surface area (Å²) in [7, 11) is 0. The SMILES string of the molecule is CCCC(C)C1NC(C)CCS1. The zero-order valence-electron chi connectivity index (χ0n) is 8.47. The Labute approximate surface area is 80.7 Å². The Kier molecular flexibility index (Phi) is 4.44. The fraction of sp³-hybridized carbons (Fsp3) is 1.00. The van der Waals surface area contributed by atoms with Gasteiger partial charge in [-0.05, 0) is 31.4 Å². The van der Waals surface area contributed by atoms with Gasteiger partial charge in [0.15, 0.2) is 0 Å². The molecule has 72 valence electrons. The van der Waals surface area contributed by atoms with Crippen molar-refractivity contribution in [3.05, 3.63) is 0 Å². The molecule has 0 radical (unpaired) electrons. The average Bonchev–Trinajstić information content (AvgIpc) is 2.05. The summed E-state index contributed by atoms with van der Waals surface area (Å²) in [5.41, 5.74) is 0. The lowest BCUT2D eigenvalue weighted by atomic mass is 10.1. The Morgan fingerprint density at radius 1 is 1.58 bits per heavy atom. The van der Waals surface area contributed by atoms with E-state index in [1.165, 1.54) is 25.0 Å². The first kappa shape index (κ1) is 10.4. The Bertz CT molecular complexity index is 127. The van der Waals surface area contributed by atoms with Crippen LogP contribution in [0.4, 0.5) is 0 Å². The summed E-state index contributed by atoms with van der Waals surface area (Å²) in [5, 5.41) is 4.38. The maximum Gasteiger partial charge on any atom is 0.0560 e. The monoisotopic (exact) mass is 187 g/mol. The van der Waals surface area contributed by atoms with E-state index in [4.69, 9.17) is 0 Å². The number of thioether (sulfide) groups is 1. The van der Waals surface area contributed by atoms with Gasteiger partial charge in [-0.1, -0.05) is 20.3 Å². The molecule has 12 heavy (non-hydrogen) atoms. The van der Waals surface area contributed by atoms with Gasteiger partial charge in [0.25, 0.3) is 0 Å². The van der Waals surface area contributed by atoms with Crippen LogP contribution in [-0.2, 0) is 0 Å². The summed E-state index contributed by atoms with van der Waals surface area (Å²) in [6.07, 6.45) is 4.01. The van der Waals surface area contributed by atoms with Crippen LogP contribution in [0.1, 0.15) is 40.0 Å². The van der Waals surface area contributed by atoms with Crippen molar-refractivity contribution in [3.8, 4) is 0 Å². The predicted octanol–water partition coefficient (Wildman–Crippen LogP) is 2.86. The quantitative estimate of drug-likeness (QED) is 0.729. The summed E-state index contributed by atoms with van der Waals surface area (Å²) in [6, 6.07) is 0.732. The molecule has 0 saturated carbocycles. The highest BCUT2D eigenvalue weighted by atomic mass is 32.2. The standard InChI is InChI=1S/C10H21NS/c1-4-5-8(2)10-11-9(3)6-7-12-10/h8-11H,4-7H2,1-3H3. The second-order valence-corrected chi connectivity index (χ2v) is 5.16. The van der Waals surface area contributed by atoms with E-state index in [1.54, 1.807) is 0 Å². The first-order chi connectivity index (χ1) is 5.74. The van der Waals surface area contributed by atoms with Gasteiger partial charge in [0.2, 0.25) is 0 Å². The van der Waals surface area contributed by atoms with Crippen molar-refractivity contribution in [2.75, 3.05) is 5.75 Å². The Balaban J connectivity index is 2.29. The molecule has 0 aromatic rings. The van der Waals surface area contributed by atoms with Gasteiger partial charge >= 0.3 is 0 Å². The van der Waals surface area contributed by atoms with E-state index in [1.807, 2.05) is 0 Å². The van der Waals surface area contributed by atoms with E-state index in [0.29, 0.717) is 5.37 Å². The van der Waals surface area contributed by atoms with Crippen molar-refractivity contribution in [1.82, 2.24) is 5.32 Å². The van der Waals surface area contributed by atoms with Crippen LogP contribution in [0, 0.1) is 5.92 Å². The molecule has 3 atom stereocenters.